The maximum atomic E-state index is 12.1. The SMILES string of the molecule is Cc1cc(O)cc(C)c1[C@H](N)CCC(F)(F)F.Cl. The molecule has 0 aliphatic carbocycles. The van der Waals surface area contributed by atoms with Crippen LogP contribution >= 0.6 is 12.4 Å². The molecule has 0 aliphatic rings. The number of phenols is 1. The Morgan fingerprint density at radius 1 is 1.22 bits per heavy atom. The minimum Gasteiger partial charge on any atom is -0.508 e. The van der Waals surface area contributed by atoms with E-state index in [1.54, 1.807) is 13.8 Å². The van der Waals surface area contributed by atoms with Crippen LogP contribution in [0.4, 0.5) is 13.2 Å². The molecule has 3 N–H and O–H groups in total. The lowest BCUT2D eigenvalue weighted by Gasteiger charge is -2.18. The zero-order valence-electron chi connectivity index (χ0n) is 10.2. The molecule has 0 saturated heterocycles. The van der Waals surface area contributed by atoms with Crippen molar-refractivity contribution in [3.63, 3.8) is 0 Å². The molecule has 1 aromatic carbocycles. The molecule has 0 aliphatic heterocycles. The maximum Gasteiger partial charge on any atom is 0.389 e. The van der Waals surface area contributed by atoms with E-state index in [0.29, 0.717) is 5.56 Å². The number of nitrogens with two attached hydrogens (primary N) is 1. The van der Waals surface area contributed by atoms with Gasteiger partial charge in [-0.15, -0.1) is 12.4 Å². The van der Waals surface area contributed by atoms with E-state index in [0.717, 1.165) is 11.1 Å². The van der Waals surface area contributed by atoms with Gasteiger partial charge in [-0.2, -0.15) is 13.2 Å². The summed E-state index contributed by atoms with van der Waals surface area (Å²) in [6.07, 6.45) is -5.22. The Balaban J connectivity index is 0.00000289. The third-order valence-electron chi connectivity index (χ3n) is 2.69. The number of hydrogen-bond acceptors (Lipinski definition) is 2. The Hall–Kier alpha value is -0.940. The standard InChI is InChI=1S/C12H16F3NO.ClH/c1-7-5-9(17)6-8(2)11(7)10(16)3-4-12(13,14)15;/h5-6,10,17H,3-4,16H2,1-2H3;1H/t10-;/m1./s1. The second-order valence-corrected chi connectivity index (χ2v) is 4.25. The van der Waals surface area contributed by atoms with E-state index in [4.69, 9.17) is 5.73 Å². The van der Waals surface area contributed by atoms with Crippen LogP contribution < -0.4 is 5.73 Å². The van der Waals surface area contributed by atoms with Crippen LogP contribution in [0.15, 0.2) is 12.1 Å². The molecule has 0 fully saturated rings. The second kappa shape index (κ2) is 6.29. The summed E-state index contributed by atoms with van der Waals surface area (Å²) in [4.78, 5) is 0. The average molecular weight is 284 g/mol. The van der Waals surface area contributed by atoms with Gasteiger partial charge < -0.3 is 10.8 Å². The smallest absolute Gasteiger partial charge is 0.389 e. The van der Waals surface area contributed by atoms with Crippen molar-refractivity contribution >= 4 is 12.4 Å². The van der Waals surface area contributed by atoms with Crippen molar-refractivity contribution in [1.82, 2.24) is 0 Å². The molecule has 0 heterocycles. The topological polar surface area (TPSA) is 46.2 Å². The molecule has 18 heavy (non-hydrogen) atoms. The summed E-state index contributed by atoms with van der Waals surface area (Å²) in [5, 5.41) is 9.34. The lowest BCUT2D eigenvalue weighted by Crippen LogP contribution is -2.17. The van der Waals surface area contributed by atoms with Crippen LogP contribution in [0.2, 0.25) is 0 Å². The summed E-state index contributed by atoms with van der Waals surface area (Å²) in [7, 11) is 0. The first-order valence-electron chi connectivity index (χ1n) is 5.33. The highest BCUT2D eigenvalue weighted by Gasteiger charge is 2.28. The van der Waals surface area contributed by atoms with Gasteiger partial charge in [-0.1, -0.05) is 0 Å². The van der Waals surface area contributed by atoms with Gasteiger partial charge in [0.1, 0.15) is 5.75 Å². The lowest BCUT2D eigenvalue weighted by molar-refractivity contribution is -0.136. The summed E-state index contributed by atoms with van der Waals surface area (Å²) in [5.74, 6) is 0.103. The Morgan fingerprint density at radius 2 is 1.67 bits per heavy atom. The van der Waals surface area contributed by atoms with Gasteiger partial charge in [-0.25, -0.2) is 0 Å². The van der Waals surface area contributed by atoms with Crippen LogP contribution in [0.1, 0.15) is 35.6 Å². The fourth-order valence-electron chi connectivity index (χ4n) is 2.00. The minimum atomic E-state index is -4.18. The van der Waals surface area contributed by atoms with E-state index in [-0.39, 0.29) is 24.6 Å². The highest BCUT2D eigenvalue weighted by molar-refractivity contribution is 5.85. The largest absolute Gasteiger partial charge is 0.508 e. The maximum absolute atomic E-state index is 12.1. The summed E-state index contributed by atoms with van der Waals surface area (Å²) in [6.45, 7) is 3.46. The summed E-state index contributed by atoms with van der Waals surface area (Å²) in [6, 6.07) is 2.36. The number of benzene rings is 1. The van der Waals surface area contributed by atoms with Crippen LogP contribution in [0, 0.1) is 13.8 Å². The van der Waals surface area contributed by atoms with Crippen molar-refractivity contribution in [2.45, 2.75) is 38.9 Å². The van der Waals surface area contributed by atoms with Crippen LogP contribution in [0.5, 0.6) is 5.75 Å². The van der Waals surface area contributed by atoms with Gasteiger partial charge in [0.25, 0.3) is 0 Å². The zero-order valence-corrected chi connectivity index (χ0v) is 11.0. The predicted molar refractivity (Wildman–Crippen MR) is 67.0 cm³/mol. The molecule has 0 spiro atoms. The molecule has 0 bridgehead atoms. The zero-order chi connectivity index (χ0) is 13.2. The van der Waals surface area contributed by atoms with Crippen molar-refractivity contribution in [3.05, 3.63) is 28.8 Å². The monoisotopic (exact) mass is 283 g/mol. The quantitative estimate of drug-likeness (QED) is 0.887. The normalized spacial score (nSPS) is 13.0. The highest BCUT2D eigenvalue weighted by atomic mass is 35.5. The van der Waals surface area contributed by atoms with E-state index >= 15 is 0 Å². The number of aryl methyl sites for hydroxylation is 2. The van der Waals surface area contributed by atoms with Gasteiger partial charge >= 0.3 is 6.18 Å². The minimum absolute atomic E-state index is 0. The molecule has 0 saturated carbocycles. The van der Waals surface area contributed by atoms with E-state index in [2.05, 4.69) is 0 Å². The Kier molecular flexibility index (Phi) is 5.96. The molecular weight excluding hydrogens is 267 g/mol. The van der Waals surface area contributed by atoms with Gasteiger partial charge in [-0.3, -0.25) is 0 Å². The van der Waals surface area contributed by atoms with Crippen LogP contribution in [0.25, 0.3) is 0 Å². The first-order valence-corrected chi connectivity index (χ1v) is 5.33. The molecule has 1 rings (SSSR count). The molecule has 0 amide bonds. The van der Waals surface area contributed by atoms with Gasteiger partial charge in [0, 0.05) is 12.5 Å². The van der Waals surface area contributed by atoms with Crippen molar-refractivity contribution in [3.8, 4) is 5.75 Å². The summed E-state index contributed by atoms with van der Waals surface area (Å²) in [5.41, 5.74) is 7.90. The van der Waals surface area contributed by atoms with E-state index in [1.807, 2.05) is 0 Å². The molecule has 2 nitrogen and oxygen atoms in total. The van der Waals surface area contributed by atoms with Crippen molar-refractivity contribution < 1.29 is 18.3 Å². The number of phenolic OH excluding ortho intramolecular Hbond substituents is 1. The molecule has 6 heteroatoms. The fourth-order valence-corrected chi connectivity index (χ4v) is 2.00. The first kappa shape index (κ1) is 17.1. The fraction of sp³-hybridized carbons (Fsp3) is 0.500. The predicted octanol–water partition coefficient (Wildman–Crippen LogP) is 3.77. The van der Waals surface area contributed by atoms with Gasteiger partial charge in [-0.05, 0) is 49.1 Å². The summed E-state index contributed by atoms with van der Waals surface area (Å²) >= 11 is 0. The third kappa shape index (κ3) is 4.74. The number of rotatable bonds is 3. The second-order valence-electron chi connectivity index (χ2n) is 4.25. The van der Waals surface area contributed by atoms with Crippen LogP contribution in [-0.2, 0) is 0 Å². The molecule has 0 aromatic heterocycles. The molecular formula is C12H17ClF3NO. The molecule has 1 atom stereocenters. The number of aromatic hydroxyl groups is 1. The van der Waals surface area contributed by atoms with E-state index < -0.39 is 18.6 Å². The molecule has 0 unspecified atom stereocenters. The number of hydrogen-bond donors (Lipinski definition) is 2. The average Bonchev–Trinajstić information content (AvgIpc) is 2.11. The van der Waals surface area contributed by atoms with Crippen molar-refractivity contribution in [2.75, 3.05) is 0 Å². The number of alkyl halides is 3. The van der Waals surface area contributed by atoms with Gasteiger partial charge in [0.15, 0.2) is 0 Å². The van der Waals surface area contributed by atoms with E-state index in [9.17, 15) is 18.3 Å². The van der Waals surface area contributed by atoms with Gasteiger partial charge in [0.2, 0.25) is 0 Å². The third-order valence-corrected chi connectivity index (χ3v) is 2.69. The number of halogens is 4. The van der Waals surface area contributed by atoms with Gasteiger partial charge in [0.05, 0.1) is 0 Å². The molecule has 1 aromatic rings. The summed E-state index contributed by atoms with van der Waals surface area (Å²) < 4.78 is 36.3. The van der Waals surface area contributed by atoms with Crippen LogP contribution in [0.3, 0.4) is 0 Å². The van der Waals surface area contributed by atoms with E-state index in [1.165, 1.54) is 12.1 Å². The highest BCUT2D eigenvalue weighted by Crippen LogP contribution is 2.30. The Bertz CT molecular complexity index is 384. The Labute approximate surface area is 110 Å². The Morgan fingerprint density at radius 3 is 2.06 bits per heavy atom. The molecule has 0 radical (unpaired) electrons. The van der Waals surface area contributed by atoms with Crippen molar-refractivity contribution in [1.29, 1.82) is 0 Å². The lowest BCUT2D eigenvalue weighted by atomic mass is 9.93. The molecule has 104 valence electrons. The first-order chi connectivity index (χ1) is 7.70. The van der Waals surface area contributed by atoms with Crippen LogP contribution in [-0.4, -0.2) is 11.3 Å². The van der Waals surface area contributed by atoms with Crippen molar-refractivity contribution in [2.24, 2.45) is 5.73 Å².